The highest BCUT2D eigenvalue weighted by atomic mass is 35.5. The quantitative estimate of drug-likeness (QED) is 0.0583. The number of esters is 1. The van der Waals surface area contributed by atoms with Crippen molar-refractivity contribution in [3.8, 4) is 34.8 Å². The van der Waals surface area contributed by atoms with Crippen LogP contribution in [0.25, 0.3) is 0 Å². The average Bonchev–Trinajstić information content (AvgIpc) is 3.06. The third-order valence-electron chi connectivity index (χ3n) is 6.93. The molecule has 0 spiro atoms. The summed E-state index contributed by atoms with van der Waals surface area (Å²) in [5.41, 5.74) is 7.87. The van der Waals surface area contributed by atoms with Crippen molar-refractivity contribution < 1.29 is 50.4 Å². The van der Waals surface area contributed by atoms with Crippen LogP contribution in [0, 0.1) is 40.4 Å². The Morgan fingerprint density at radius 1 is 0.896 bits per heavy atom. The van der Waals surface area contributed by atoms with E-state index in [1.54, 1.807) is 43.3 Å². The number of carbonyl (C=O) groups is 1. The first-order chi connectivity index (χ1) is 22.9. The third kappa shape index (κ3) is 6.90. The number of carbonyl (C=O) groups excluding carboxylic acids is 1. The molecule has 0 amide bonds. The summed E-state index contributed by atoms with van der Waals surface area (Å²) in [4.78, 5) is 12.4. The van der Waals surface area contributed by atoms with Crippen LogP contribution in [-0.4, -0.2) is 19.2 Å². The van der Waals surface area contributed by atoms with Crippen LogP contribution in [0.2, 0.25) is 10.0 Å². The fourth-order valence-electron chi connectivity index (χ4n) is 4.73. The number of nitrogens with two attached hydrogens (primary N) is 1. The number of allylic oxidation sites excluding steroid dienone is 1. The Hall–Kier alpha value is -5.19. The van der Waals surface area contributed by atoms with E-state index < -0.39 is 53.3 Å². The van der Waals surface area contributed by atoms with Crippen molar-refractivity contribution in [2.24, 2.45) is 5.73 Å². The van der Waals surface area contributed by atoms with Gasteiger partial charge in [-0.25, -0.2) is 18.0 Å². The molecule has 0 bridgehead atoms. The molecule has 0 fully saturated rings. The van der Waals surface area contributed by atoms with Crippen LogP contribution in [0.5, 0.6) is 28.7 Å². The molecule has 2 N–H and O–H groups in total. The Labute approximate surface area is 279 Å². The lowest BCUT2D eigenvalue weighted by Gasteiger charge is -2.27. The van der Waals surface area contributed by atoms with E-state index in [1.807, 2.05) is 0 Å². The topological polar surface area (TPSA) is 113 Å². The number of nitrogens with zero attached hydrogens (tertiary/aromatic N) is 1. The normalized spacial score (nSPS) is 13.7. The molecule has 1 heterocycles. The molecule has 15 heteroatoms. The molecule has 1 atom stereocenters. The molecule has 4 aromatic rings. The number of benzene rings is 4. The van der Waals surface area contributed by atoms with E-state index in [9.17, 15) is 32.0 Å². The molecule has 248 valence electrons. The van der Waals surface area contributed by atoms with Gasteiger partial charge in [0, 0.05) is 27.2 Å². The zero-order valence-electron chi connectivity index (χ0n) is 24.5. The monoisotopic (exact) mass is 706 g/mol. The highest BCUT2D eigenvalue weighted by Crippen LogP contribution is 2.45. The van der Waals surface area contributed by atoms with Crippen molar-refractivity contribution in [2.75, 3.05) is 13.2 Å². The number of hydrogen-bond acceptors (Lipinski definition) is 8. The summed E-state index contributed by atoms with van der Waals surface area (Å²) in [6, 6.07) is 16.2. The van der Waals surface area contributed by atoms with Crippen LogP contribution < -0.4 is 29.4 Å². The molecule has 0 radical (unpaired) electrons. The first-order valence-corrected chi connectivity index (χ1v) is 14.6. The molecule has 1 aliphatic rings. The number of ether oxygens (including phenoxy) is 5. The lowest BCUT2D eigenvalue weighted by Crippen LogP contribution is -2.22. The van der Waals surface area contributed by atoms with Crippen LogP contribution in [0.15, 0.2) is 66.1 Å². The summed E-state index contributed by atoms with van der Waals surface area (Å²) >= 11 is 12.2. The Morgan fingerprint density at radius 3 is 2.27 bits per heavy atom. The van der Waals surface area contributed by atoms with Crippen LogP contribution in [-0.2, 0) is 11.4 Å². The lowest BCUT2D eigenvalue weighted by molar-refractivity contribution is -0.136. The first kappa shape index (κ1) is 34.2. The molecule has 8 nitrogen and oxygen atoms in total. The molecule has 48 heavy (non-hydrogen) atoms. The molecule has 1 aliphatic heterocycles. The standard InChI is InChI=1S/C33H21Cl2F5N2O6/c1-2-44-24-9-15(4-8-22(24)45-13-16-3-5-17(34)10-21(16)35)26-19-7-6-18(11-23(19)48-33(42)20(26)12-41)47-25(43)14-46-32-30(39)28(37)27(36)29(38)31(32)40/h3-11,26H,2,13-14,42H2,1H3. The molecule has 0 aliphatic carbocycles. The van der Waals surface area contributed by atoms with E-state index in [1.165, 1.54) is 18.2 Å². The van der Waals surface area contributed by atoms with Gasteiger partial charge >= 0.3 is 5.97 Å². The maximum Gasteiger partial charge on any atom is 0.349 e. The van der Waals surface area contributed by atoms with Gasteiger partial charge < -0.3 is 29.4 Å². The summed E-state index contributed by atoms with van der Waals surface area (Å²) in [5, 5.41) is 10.9. The minimum absolute atomic E-state index is 0.0764. The van der Waals surface area contributed by atoms with Gasteiger partial charge in [0.2, 0.25) is 35.0 Å². The SMILES string of the molecule is CCOc1cc(C2C(C#N)=C(N)Oc3cc(OC(=O)COc4c(F)c(F)c(F)c(F)c4F)ccc32)ccc1OCc1ccc(Cl)cc1Cl. The van der Waals surface area contributed by atoms with Crippen molar-refractivity contribution in [3.63, 3.8) is 0 Å². The molecular weight excluding hydrogens is 686 g/mol. The largest absolute Gasteiger partial charge is 0.490 e. The minimum atomic E-state index is -2.38. The summed E-state index contributed by atoms with van der Waals surface area (Å²) in [6.45, 7) is 0.974. The molecular formula is C33H21Cl2F5N2O6. The van der Waals surface area contributed by atoms with Crippen molar-refractivity contribution in [2.45, 2.75) is 19.4 Å². The van der Waals surface area contributed by atoms with E-state index in [0.717, 1.165) is 0 Å². The van der Waals surface area contributed by atoms with Gasteiger partial charge in [-0.3, -0.25) is 0 Å². The van der Waals surface area contributed by atoms with E-state index in [0.29, 0.717) is 38.2 Å². The molecule has 0 saturated carbocycles. The molecule has 0 aromatic heterocycles. The highest BCUT2D eigenvalue weighted by molar-refractivity contribution is 6.35. The third-order valence-corrected chi connectivity index (χ3v) is 7.51. The molecule has 4 aromatic carbocycles. The number of halogens is 7. The van der Waals surface area contributed by atoms with Gasteiger partial charge in [-0.05, 0) is 42.8 Å². The van der Waals surface area contributed by atoms with Crippen LogP contribution >= 0.6 is 23.2 Å². The molecule has 0 saturated heterocycles. The fourth-order valence-corrected chi connectivity index (χ4v) is 5.19. The Balaban J connectivity index is 1.37. The predicted octanol–water partition coefficient (Wildman–Crippen LogP) is 7.87. The first-order valence-electron chi connectivity index (χ1n) is 13.8. The summed E-state index contributed by atoms with van der Waals surface area (Å²) in [5.74, 6) is -14.5. The Morgan fingerprint density at radius 2 is 1.60 bits per heavy atom. The van der Waals surface area contributed by atoms with Gasteiger partial charge in [0.25, 0.3) is 0 Å². The summed E-state index contributed by atoms with van der Waals surface area (Å²) in [6.07, 6.45) is 0. The highest BCUT2D eigenvalue weighted by Gasteiger charge is 2.32. The van der Waals surface area contributed by atoms with E-state index in [-0.39, 0.29) is 36.2 Å². The second-order valence-corrected chi connectivity index (χ2v) is 10.8. The van der Waals surface area contributed by atoms with Crippen molar-refractivity contribution in [1.82, 2.24) is 0 Å². The predicted molar refractivity (Wildman–Crippen MR) is 162 cm³/mol. The second kappa shape index (κ2) is 14.3. The number of rotatable bonds is 10. The Bertz CT molecular complexity index is 1970. The lowest BCUT2D eigenvalue weighted by atomic mass is 9.83. The molecule has 1 unspecified atom stereocenters. The molecule has 5 rings (SSSR count). The second-order valence-electron chi connectivity index (χ2n) is 9.95. The van der Waals surface area contributed by atoms with Crippen molar-refractivity contribution in [3.05, 3.63) is 122 Å². The van der Waals surface area contributed by atoms with Gasteiger partial charge in [-0.2, -0.15) is 14.0 Å². The van der Waals surface area contributed by atoms with Gasteiger partial charge in [-0.15, -0.1) is 0 Å². The van der Waals surface area contributed by atoms with Crippen LogP contribution in [0.1, 0.15) is 29.5 Å². The summed E-state index contributed by atoms with van der Waals surface area (Å²) in [7, 11) is 0. The number of hydrogen-bond donors (Lipinski definition) is 1. The maximum atomic E-state index is 13.9. The van der Waals surface area contributed by atoms with E-state index in [4.69, 9.17) is 47.9 Å². The van der Waals surface area contributed by atoms with E-state index in [2.05, 4.69) is 10.8 Å². The zero-order valence-corrected chi connectivity index (χ0v) is 26.0. The fraction of sp³-hybridized carbons (Fsp3) is 0.152. The van der Waals surface area contributed by atoms with Gasteiger partial charge in [0.15, 0.2) is 23.9 Å². The van der Waals surface area contributed by atoms with E-state index >= 15 is 0 Å². The Kier molecular flexibility index (Phi) is 10.2. The van der Waals surface area contributed by atoms with Crippen LogP contribution in [0.3, 0.4) is 0 Å². The smallest absolute Gasteiger partial charge is 0.349 e. The average molecular weight is 707 g/mol. The number of fused-ring (bicyclic) bond motifs is 1. The summed E-state index contributed by atoms with van der Waals surface area (Å²) < 4.78 is 95.1. The van der Waals surface area contributed by atoms with Gasteiger partial charge in [0.05, 0.1) is 12.5 Å². The van der Waals surface area contributed by atoms with Gasteiger partial charge in [-0.1, -0.05) is 41.4 Å². The van der Waals surface area contributed by atoms with Crippen LogP contribution in [0.4, 0.5) is 22.0 Å². The van der Waals surface area contributed by atoms with Crippen molar-refractivity contribution in [1.29, 1.82) is 5.26 Å². The zero-order chi connectivity index (χ0) is 34.7. The van der Waals surface area contributed by atoms with Crippen molar-refractivity contribution >= 4 is 29.2 Å². The maximum absolute atomic E-state index is 13.9. The number of nitriles is 1. The minimum Gasteiger partial charge on any atom is -0.490 e. The van der Waals surface area contributed by atoms with Gasteiger partial charge in [0.1, 0.15) is 29.7 Å².